The molecule has 3 heteroatoms. The highest BCUT2D eigenvalue weighted by Crippen LogP contribution is 2.17. The molecule has 62 valence electrons. The molecule has 0 saturated heterocycles. The van der Waals surface area contributed by atoms with Crippen molar-refractivity contribution >= 4 is 12.4 Å². The van der Waals surface area contributed by atoms with Crippen LogP contribution in [0.15, 0.2) is 24.3 Å². The lowest BCUT2D eigenvalue weighted by molar-refractivity contribution is -0.104. The monoisotopic (exact) mass is 166 g/mol. The van der Waals surface area contributed by atoms with Gasteiger partial charge in [0.05, 0.1) is 0 Å². The first-order valence-electron chi connectivity index (χ1n) is 3.34. The molecule has 0 fully saturated rings. The smallest absolute Gasteiger partial charge is 0.164 e. The van der Waals surface area contributed by atoms with Gasteiger partial charge in [0.2, 0.25) is 0 Å². The molecule has 0 bridgehead atoms. The Labute approximate surface area is 69.0 Å². The molecule has 0 aromatic heterocycles. The maximum absolute atomic E-state index is 12.5. The van der Waals surface area contributed by atoms with E-state index in [4.69, 9.17) is 5.11 Å². The number of hydrogen-bond donors (Lipinski definition) is 1. The third-order valence-corrected chi connectivity index (χ3v) is 1.34. The number of carbonyl (C=O) groups is 1. The normalized spacial score (nSPS) is 10.4. The minimum atomic E-state index is -0.668. The van der Waals surface area contributed by atoms with Crippen LogP contribution in [-0.2, 0) is 4.79 Å². The topological polar surface area (TPSA) is 37.3 Å². The zero-order valence-electron chi connectivity index (χ0n) is 6.20. The number of aldehydes is 1. The average molecular weight is 166 g/mol. The number of aromatic hydroxyl groups is 1. The second-order valence-electron chi connectivity index (χ2n) is 2.21. The van der Waals surface area contributed by atoms with Crippen molar-refractivity contribution in [3.63, 3.8) is 0 Å². The van der Waals surface area contributed by atoms with Gasteiger partial charge in [0.15, 0.2) is 11.6 Å². The summed E-state index contributed by atoms with van der Waals surface area (Å²) in [4.78, 5) is 9.91. The molecule has 0 saturated carbocycles. The Hall–Kier alpha value is -1.64. The third-order valence-electron chi connectivity index (χ3n) is 1.34. The van der Waals surface area contributed by atoms with Gasteiger partial charge in [0.1, 0.15) is 6.29 Å². The lowest BCUT2D eigenvalue weighted by Crippen LogP contribution is -1.77. The zero-order chi connectivity index (χ0) is 8.97. The summed E-state index contributed by atoms with van der Waals surface area (Å²) in [6.07, 6.45) is 3.36. The van der Waals surface area contributed by atoms with Crippen molar-refractivity contribution in [3.05, 3.63) is 35.7 Å². The van der Waals surface area contributed by atoms with Gasteiger partial charge in [-0.25, -0.2) is 4.39 Å². The molecule has 0 spiro atoms. The van der Waals surface area contributed by atoms with E-state index >= 15 is 0 Å². The Balaban J connectivity index is 2.96. The van der Waals surface area contributed by atoms with Gasteiger partial charge in [-0.15, -0.1) is 0 Å². The predicted octanol–water partition coefficient (Wildman–Crippen LogP) is 1.74. The molecule has 0 unspecified atom stereocenters. The number of benzene rings is 1. The van der Waals surface area contributed by atoms with Crippen LogP contribution >= 0.6 is 0 Å². The molecule has 1 N–H and O–H groups in total. The van der Waals surface area contributed by atoms with Crippen LogP contribution in [0.5, 0.6) is 5.75 Å². The fourth-order valence-electron chi connectivity index (χ4n) is 0.784. The Morgan fingerprint density at radius 1 is 1.42 bits per heavy atom. The Kier molecular flexibility index (Phi) is 2.58. The third kappa shape index (κ3) is 1.92. The standard InChI is InChI=1S/C9H7FO2/c10-8-4-3-7(2-1-5-11)6-9(8)12/h1-6,12H/b2-1+. The van der Waals surface area contributed by atoms with Crippen molar-refractivity contribution in [2.24, 2.45) is 0 Å². The quantitative estimate of drug-likeness (QED) is 0.536. The van der Waals surface area contributed by atoms with E-state index in [-0.39, 0.29) is 0 Å². The average Bonchev–Trinajstić information content (AvgIpc) is 2.07. The van der Waals surface area contributed by atoms with Crippen LogP contribution in [0.2, 0.25) is 0 Å². The van der Waals surface area contributed by atoms with Crippen molar-refractivity contribution in [2.75, 3.05) is 0 Å². The molecule has 0 radical (unpaired) electrons. The van der Waals surface area contributed by atoms with Gasteiger partial charge < -0.3 is 5.11 Å². The molecule has 0 atom stereocenters. The van der Waals surface area contributed by atoms with Crippen LogP contribution in [0.1, 0.15) is 5.56 Å². The predicted molar refractivity (Wildman–Crippen MR) is 43.2 cm³/mol. The van der Waals surface area contributed by atoms with E-state index in [1.807, 2.05) is 0 Å². The molecule has 1 aromatic rings. The molecule has 0 aliphatic carbocycles. The molecule has 0 heterocycles. The minimum Gasteiger partial charge on any atom is -0.505 e. The van der Waals surface area contributed by atoms with Crippen LogP contribution < -0.4 is 0 Å². The summed E-state index contributed by atoms with van der Waals surface area (Å²) in [7, 11) is 0. The summed E-state index contributed by atoms with van der Waals surface area (Å²) in [6.45, 7) is 0. The van der Waals surface area contributed by atoms with Crippen molar-refractivity contribution in [1.82, 2.24) is 0 Å². The number of carbonyl (C=O) groups excluding carboxylic acids is 1. The van der Waals surface area contributed by atoms with Gasteiger partial charge in [-0.3, -0.25) is 4.79 Å². The van der Waals surface area contributed by atoms with E-state index in [0.717, 1.165) is 6.07 Å². The zero-order valence-corrected chi connectivity index (χ0v) is 6.20. The number of hydrogen-bond acceptors (Lipinski definition) is 2. The summed E-state index contributed by atoms with van der Waals surface area (Å²) in [5, 5.41) is 8.90. The second kappa shape index (κ2) is 3.67. The maximum Gasteiger partial charge on any atom is 0.164 e. The first-order chi connectivity index (χ1) is 5.74. The SMILES string of the molecule is O=C/C=C/c1ccc(F)c(O)c1. The van der Waals surface area contributed by atoms with Crippen LogP contribution in [0.25, 0.3) is 6.08 Å². The number of phenols is 1. The Morgan fingerprint density at radius 2 is 2.17 bits per heavy atom. The first kappa shape index (κ1) is 8.46. The van der Waals surface area contributed by atoms with Crippen molar-refractivity contribution in [1.29, 1.82) is 0 Å². The van der Waals surface area contributed by atoms with Gasteiger partial charge >= 0.3 is 0 Å². The van der Waals surface area contributed by atoms with Crippen LogP contribution in [0.4, 0.5) is 4.39 Å². The minimum absolute atomic E-state index is 0.414. The summed E-state index contributed by atoms with van der Waals surface area (Å²) >= 11 is 0. The molecular formula is C9H7FO2. The fraction of sp³-hybridized carbons (Fsp3) is 0. The molecule has 12 heavy (non-hydrogen) atoms. The number of phenolic OH excluding ortho intramolecular Hbond substituents is 1. The van der Waals surface area contributed by atoms with Crippen molar-refractivity contribution < 1.29 is 14.3 Å². The lowest BCUT2D eigenvalue weighted by Gasteiger charge is -1.95. The summed E-state index contributed by atoms with van der Waals surface area (Å²) in [6, 6.07) is 3.85. The molecule has 0 amide bonds. The first-order valence-corrected chi connectivity index (χ1v) is 3.34. The van der Waals surface area contributed by atoms with Crippen LogP contribution in [0, 0.1) is 5.82 Å². The molecular weight excluding hydrogens is 159 g/mol. The van der Waals surface area contributed by atoms with E-state index in [2.05, 4.69) is 0 Å². The molecule has 2 nitrogen and oxygen atoms in total. The Bertz CT molecular complexity index is 318. The van der Waals surface area contributed by atoms with Crippen molar-refractivity contribution in [2.45, 2.75) is 0 Å². The molecule has 1 rings (SSSR count). The molecule has 0 aliphatic rings. The second-order valence-corrected chi connectivity index (χ2v) is 2.21. The molecule has 0 aliphatic heterocycles. The van der Waals surface area contributed by atoms with Gasteiger partial charge in [0.25, 0.3) is 0 Å². The van der Waals surface area contributed by atoms with Gasteiger partial charge in [-0.2, -0.15) is 0 Å². The Morgan fingerprint density at radius 3 is 2.75 bits per heavy atom. The fourth-order valence-corrected chi connectivity index (χ4v) is 0.784. The summed E-state index contributed by atoms with van der Waals surface area (Å²) < 4.78 is 12.5. The number of rotatable bonds is 2. The highest BCUT2D eigenvalue weighted by atomic mass is 19.1. The van der Waals surface area contributed by atoms with Gasteiger partial charge in [0, 0.05) is 0 Å². The maximum atomic E-state index is 12.5. The highest BCUT2D eigenvalue weighted by molar-refractivity contribution is 5.74. The van der Waals surface area contributed by atoms with Crippen LogP contribution in [-0.4, -0.2) is 11.4 Å². The lowest BCUT2D eigenvalue weighted by atomic mass is 10.2. The number of halogens is 1. The summed E-state index contributed by atoms with van der Waals surface area (Å²) in [5.41, 5.74) is 0.584. The highest BCUT2D eigenvalue weighted by Gasteiger charge is 1.97. The van der Waals surface area contributed by atoms with E-state index in [1.165, 1.54) is 24.3 Å². The van der Waals surface area contributed by atoms with E-state index < -0.39 is 11.6 Å². The van der Waals surface area contributed by atoms with Crippen molar-refractivity contribution in [3.8, 4) is 5.75 Å². The van der Waals surface area contributed by atoms with Gasteiger partial charge in [-0.1, -0.05) is 12.1 Å². The molecule has 1 aromatic carbocycles. The van der Waals surface area contributed by atoms with E-state index in [9.17, 15) is 9.18 Å². The number of allylic oxidation sites excluding steroid dienone is 1. The van der Waals surface area contributed by atoms with E-state index in [1.54, 1.807) is 0 Å². The largest absolute Gasteiger partial charge is 0.505 e. The van der Waals surface area contributed by atoms with E-state index in [0.29, 0.717) is 11.8 Å². The summed E-state index contributed by atoms with van der Waals surface area (Å²) in [5.74, 6) is -1.08. The van der Waals surface area contributed by atoms with Gasteiger partial charge in [-0.05, 0) is 23.8 Å². The van der Waals surface area contributed by atoms with Crippen LogP contribution in [0.3, 0.4) is 0 Å².